The first-order valence-corrected chi connectivity index (χ1v) is 6.92. The van der Waals surface area contributed by atoms with E-state index in [0.29, 0.717) is 17.9 Å². The number of carbonyl (C=O) groups is 1. The molecule has 0 saturated heterocycles. The molecule has 2 aromatic heterocycles. The van der Waals surface area contributed by atoms with E-state index in [4.69, 9.17) is 4.74 Å². The van der Waals surface area contributed by atoms with Crippen molar-refractivity contribution in [2.24, 2.45) is 0 Å². The van der Waals surface area contributed by atoms with Crippen LogP contribution in [-0.2, 0) is 4.74 Å². The molecule has 0 aliphatic heterocycles. The van der Waals surface area contributed by atoms with E-state index in [2.05, 4.69) is 10.1 Å². The number of fused-ring (bicyclic) bond motifs is 1. The SMILES string of the molecule is CCOC(=O)c1c(C)nn(-c2ccc3cc[nH]c3c2)c1C. The molecule has 21 heavy (non-hydrogen) atoms. The van der Waals surface area contributed by atoms with E-state index in [1.165, 1.54) is 0 Å². The zero-order chi connectivity index (χ0) is 15.0. The van der Waals surface area contributed by atoms with Crippen LogP contribution in [0.25, 0.3) is 16.6 Å². The fourth-order valence-electron chi connectivity index (χ4n) is 2.56. The van der Waals surface area contributed by atoms with Gasteiger partial charge in [-0.3, -0.25) is 0 Å². The molecule has 0 aliphatic rings. The van der Waals surface area contributed by atoms with Crippen LogP contribution >= 0.6 is 0 Å². The number of carbonyl (C=O) groups excluding carboxylic acids is 1. The summed E-state index contributed by atoms with van der Waals surface area (Å²) in [6.07, 6.45) is 1.90. The summed E-state index contributed by atoms with van der Waals surface area (Å²) in [6.45, 7) is 5.86. The maximum atomic E-state index is 12.0. The van der Waals surface area contributed by atoms with Crippen LogP contribution in [0.5, 0.6) is 0 Å². The Kier molecular flexibility index (Phi) is 3.25. The predicted octanol–water partition coefficient (Wildman–Crippen LogP) is 3.15. The van der Waals surface area contributed by atoms with E-state index in [9.17, 15) is 4.79 Å². The standard InChI is InChI=1S/C16H17N3O2/c1-4-21-16(20)15-10(2)18-19(11(15)3)13-6-5-12-7-8-17-14(12)9-13/h5-9,17H,4H2,1-3H3. The molecule has 0 amide bonds. The van der Waals surface area contributed by atoms with Crippen molar-refractivity contribution < 1.29 is 9.53 Å². The molecule has 3 rings (SSSR count). The van der Waals surface area contributed by atoms with Gasteiger partial charge in [-0.25, -0.2) is 9.48 Å². The molecule has 0 radical (unpaired) electrons. The lowest BCUT2D eigenvalue weighted by Crippen LogP contribution is -2.07. The smallest absolute Gasteiger partial charge is 0.341 e. The average Bonchev–Trinajstić information content (AvgIpc) is 3.02. The van der Waals surface area contributed by atoms with Crippen LogP contribution in [-0.4, -0.2) is 27.3 Å². The highest BCUT2D eigenvalue weighted by molar-refractivity contribution is 5.92. The van der Waals surface area contributed by atoms with Crippen molar-refractivity contribution in [1.82, 2.24) is 14.8 Å². The van der Waals surface area contributed by atoms with Gasteiger partial charge in [-0.15, -0.1) is 0 Å². The van der Waals surface area contributed by atoms with Gasteiger partial charge >= 0.3 is 5.97 Å². The van der Waals surface area contributed by atoms with Gasteiger partial charge in [0.15, 0.2) is 0 Å². The quantitative estimate of drug-likeness (QED) is 0.751. The van der Waals surface area contributed by atoms with Gasteiger partial charge < -0.3 is 9.72 Å². The van der Waals surface area contributed by atoms with Gasteiger partial charge in [0.25, 0.3) is 0 Å². The summed E-state index contributed by atoms with van der Waals surface area (Å²) < 4.78 is 6.88. The number of esters is 1. The summed E-state index contributed by atoms with van der Waals surface area (Å²) in [5, 5.41) is 5.62. The third-order valence-electron chi connectivity index (χ3n) is 3.55. The molecule has 0 bridgehead atoms. The normalized spacial score (nSPS) is 11.0. The number of nitrogens with one attached hydrogen (secondary N) is 1. The molecule has 0 aliphatic carbocycles. The molecule has 3 aromatic rings. The van der Waals surface area contributed by atoms with Crippen molar-refractivity contribution in [2.75, 3.05) is 6.61 Å². The van der Waals surface area contributed by atoms with E-state index in [1.807, 2.05) is 44.3 Å². The van der Waals surface area contributed by atoms with Crippen LogP contribution in [0.3, 0.4) is 0 Å². The Morgan fingerprint density at radius 1 is 1.33 bits per heavy atom. The number of aromatic amines is 1. The number of hydrogen-bond acceptors (Lipinski definition) is 3. The zero-order valence-corrected chi connectivity index (χ0v) is 12.3. The van der Waals surface area contributed by atoms with E-state index in [-0.39, 0.29) is 5.97 Å². The lowest BCUT2D eigenvalue weighted by Gasteiger charge is -2.05. The second-order valence-corrected chi connectivity index (χ2v) is 4.93. The van der Waals surface area contributed by atoms with Crippen LogP contribution < -0.4 is 0 Å². The summed E-state index contributed by atoms with van der Waals surface area (Å²) in [4.78, 5) is 15.2. The predicted molar refractivity (Wildman–Crippen MR) is 80.9 cm³/mol. The maximum absolute atomic E-state index is 12.0. The monoisotopic (exact) mass is 283 g/mol. The first kappa shape index (κ1) is 13.4. The summed E-state index contributed by atoms with van der Waals surface area (Å²) >= 11 is 0. The van der Waals surface area contributed by atoms with Gasteiger partial charge in [-0.1, -0.05) is 6.07 Å². The van der Waals surface area contributed by atoms with Crippen molar-refractivity contribution in [3.8, 4) is 5.69 Å². The highest BCUT2D eigenvalue weighted by Gasteiger charge is 2.20. The molecular weight excluding hydrogens is 266 g/mol. The molecule has 1 N–H and O–H groups in total. The number of hydrogen-bond donors (Lipinski definition) is 1. The molecule has 0 atom stereocenters. The number of rotatable bonds is 3. The Labute approximate surface area is 122 Å². The Morgan fingerprint density at radius 3 is 2.90 bits per heavy atom. The third-order valence-corrected chi connectivity index (χ3v) is 3.55. The minimum Gasteiger partial charge on any atom is -0.462 e. The second-order valence-electron chi connectivity index (χ2n) is 4.93. The lowest BCUT2D eigenvalue weighted by molar-refractivity contribution is 0.0524. The molecule has 0 saturated carbocycles. The summed E-state index contributed by atoms with van der Waals surface area (Å²) in [6, 6.07) is 8.06. The number of benzene rings is 1. The number of ether oxygens (including phenoxy) is 1. The largest absolute Gasteiger partial charge is 0.462 e. The number of H-pyrrole nitrogens is 1. The minimum absolute atomic E-state index is 0.320. The van der Waals surface area contributed by atoms with Gasteiger partial charge in [-0.05, 0) is 44.4 Å². The molecule has 108 valence electrons. The van der Waals surface area contributed by atoms with E-state index < -0.39 is 0 Å². The van der Waals surface area contributed by atoms with Gasteiger partial charge in [0.05, 0.1) is 23.7 Å². The van der Waals surface area contributed by atoms with E-state index in [0.717, 1.165) is 22.3 Å². The van der Waals surface area contributed by atoms with E-state index in [1.54, 1.807) is 11.6 Å². The zero-order valence-electron chi connectivity index (χ0n) is 12.3. The number of nitrogens with zero attached hydrogens (tertiary/aromatic N) is 2. The minimum atomic E-state index is -0.320. The maximum Gasteiger partial charge on any atom is 0.341 e. The van der Waals surface area contributed by atoms with Crippen LogP contribution in [0.15, 0.2) is 30.5 Å². The first-order valence-electron chi connectivity index (χ1n) is 6.92. The summed E-state index contributed by atoms with van der Waals surface area (Å²) in [5.74, 6) is -0.320. The topological polar surface area (TPSA) is 59.9 Å². The molecule has 1 aromatic carbocycles. The van der Waals surface area contributed by atoms with Gasteiger partial charge in [-0.2, -0.15) is 5.10 Å². The molecule has 5 heteroatoms. The fraction of sp³-hybridized carbons (Fsp3) is 0.250. The van der Waals surface area contributed by atoms with Crippen LogP contribution in [0.1, 0.15) is 28.7 Å². The highest BCUT2D eigenvalue weighted by Crippen LogP contribution is 2.22. The third kappa shape index (κ3) is 2.20. The average molecular weight is 283 g/mol. The van der Waals surface area contributed by atoms with Gasteiger partial charge in [0.2, 0.25) is 0 Å². The van der Waals surface area contributed by atoms with Crippen molar-refractivity contribution >= 4 is 16.9 Å². The molecule has 5 nitrogen and oxygen atoms in total. The van der Waals surface area contributed by atoms with Crippen molar-refractivity contribution in [2.45, 2.75) is 20.8 Å². The van der Waals surface area contributed by atoms with Crippen molar-refractivity contribution in [3.63, 3.8) is 0 Å². The van der Waals surface area contributed by atoms with Crippen LogP contribution in [0.4, 0.5) is 0 Å². The molecule has 2 heterocycles. The fourth-order valence-corrected chi connectivity index (χ4v) is 2.56. The molecule has 0 unspecified atom stereocenters. The summed E-state index contributed by atoms with van der Waals surface area (Å²) in [5.41, 5.74) is 3.97. The van der Waals surface area contributed by atoms with Crippen LogP contribution in [0, 0.1) is 13.8 Å². The van der Waals surface area contributed by atoms with Crippen LogP contribution in [0.2, 0.25) is 0 Å². The first-order chi connectivity index (χ1) is 10.1. The molecular formula is C16H17N3O2. The molecule has 0 fully saturated rings. The number of aryl methyl sites for hydroxylation is 1. The summed E-state index contributed by atoms with van der Waals surface area (Å²) in [7, 11) is 0. The lowest BCUT2D eigenvalue weighted by atomic mass is 10.2. The molecule has 0 spiro atoms. The van der Waals surface area contributed by atoms with Gasteiger partial charge in [0.1, 0.15) is 5.56 Å². The number of aromatic nitrogens is 3. The Balaban J connectivity index is 2.10. The van der Waals surface area contributed by atoms with Gasteiger partial charge in [0, 0.05) is 11.7 Å². The Bertz CT molecular complexity index is 814. The Morgan fingerprint density at radius 2 is 2.14 bits per heavy atom. The Hall–Kier alpha value is -2.56. The van der Waals surface area contributed by atoms with Crippen molar-refractivity contribution in [3.05, 3.63) is 47.4 Å². The van der Waals surface area contributed by atoms with E-state index >= 15 is 0 Å². The second kappa shape index (κ2) is 5.09. The highest BCUT2D eigenvalue weighted by atomic mass is 16.5. The van der Waals surface area contributed by atoms with Crippen molar-refractivity contribution in [1.29, 1.82) is 0 Å².